The SMILES string of the molecule is CCn1c(S[C@@H]2CCCc3ccccc32)nnc1-c1ccccc1OC. The first-order valence-electron chi connectivity index (χ1n) is 9.13. The van der Waals surface area contributed by atoms with Gasteiger partial charge in [-0.2, -0.15) is 0 Å². The van der Waals surface area contributed by atoms with Crippen LogP contribution >= 0.6 is 11.8 Å². The molecule has 0 spiro atoms. The number of hydrogen-bond donors (Lipinski definition) is 0. The van der Waals surface area contributed by atoms with Crippen molar-refractivity contribution in [3.05, 3.63) is 59.7 Å². The van der Waals surface area contributed by atoms with Crippen molar-refractivity contribution in [3.8, 4) is 17.1 Å². The number of rotatable bonds is 5. The lowest BCUT2D eigenvalue weighted by Crippen LogP contribution is -2.08. The minimum atomic E-state index is 0.444. The van der Waals surface area contributed by atoms with Crippen LogP contribution in [0, 0.1) is 0 Å². The number of benzene rings is 2. The van der Waals surface area contributed by atoms with Crippen LogP contribution in [0.3, 0.4) is 0 Å². The van der Waals surface area contributed by atoms with Gasteiger partial charge < -0.3 is 9.30 Å². The Morgan fingerprint density at radius 1 is 1.12 bits per heavy atom. The third-order valence-electron chi connectivity index (χ3n) is 4.94. The van der Waals surface area contributed by atoms with Gasteiger partial charge in [-0.25, -0.2) is 0 Å². The molecule has 0 unspecified atom stereocenters. The Balaban J connectivity index is 1.68. The van der Waals surface area contributed by atoms with Crippen molar-refractivity contribution in [2.24, 2.45) is 0 Å². The van der Waals surface area contributed by atoms with Gasteiger partial charge in [-0.3, -0.25) is 0 Å². The van der Waals surface area contributed by atoms with E-state index in [2.05, 4.69) is 46.0 Å². The zero-order valence-electron chi connectivity index (χ0n) is 15.2. The number of thioether (sulfide) groups is 1. The maximum atomic E-state index is 5.52. The maximum absolute atomic E-state index is 5.52. The number of aromatic nitrogens is 3. The van der Waals surface area contributed by atoms with Crippen molar-refractivity contribution >= 4 is 11.8 Å². The van der Waals surface area contributed by atoms with E-state index < -0.39 is 0 Å². The molecule has 0 bridgehead atoms. The van der Waals surface area contributed by atoms with Crippen molar-refractivity contribution in [3.63, 3.8) is 0 Å². The molecule has 2 aromatic carbocycles. The van der Waals surface area contributed by atoms with E-state index in [1.54, 1.807) is 7.11 Å². The van der Waals surface area contributed by atoms with E-state index >= 15 is 0 Å². The molecule has 0 saturated carbocycles. The highest BCUT2D eigenvalue weighted by Crippen LogP contribution is 2.43. The van der Waals surface area contributed by atoms with Crippen molar-refractivity contribution in [2.45, 2.75) is 43.1 Å². The Hall–Kier alpha value is -2.27. The molecule has 4 rings (SSSR count). The molecule has 0 N–H and O–H groups in total. The van der Waals surface area contributed by atoms with Gasteiger partial charge in [0.2, 0.25) is 0 Å². The Bertz CT molecular complexity index is 906. The minimum absolute atomic E-state index is 0.444. The van der Waals surface area contributed by atoms with Gasteiger partial charge in [-0.05, 0) is 49.4 Å². The molecule has 3 aromatic rings. The van der Waals surface area contributed by atoms with E-state index in [1.807, 2.05) is 36.0 Å². The first-order valence-corrected chi connectivity index (χ1v) is 10.0. The first-order chi connectivity index (χ1) is 12.8. The highest BCUT2D eigenvalue weighted by molar-refractivity contribution is 7.99. The van der Waals surface area contributed by atoms with Gasteiger partial charge in [-0.15, -0.1) is 10.2 Å². The largest absolute Gasteiger partial charge is 0.496 e. The molecule has 5 heteroatoms. The quantitative estimate of drug-likeness (QED) is 0.627. The van der Waals surface area contributed by atoms with Crippen molar-refractivity contribution in [1.29, 1.82) is 0 Å². The van der Waals surface area contributed by atoms with Gasteiger partial charge in [-0.1, -0.05) is 48.2 Å². The Labute approximate surface area is 158 Å². The summed E-state index contributed by atoms with van der Waals surface area (Å²) in [5.74, 6) is 1.70. The van der Waals surface area contributed by atoms with Gasteiger partial charge in [0.1, 0.15) is 5.75 Å². The Morgan fingerprint density at radius 3 is 2.77 bits per heavy atom. The number of para-hydroxylation sites is 1. The summed E-state index contributed by atoms with van der Waals surface area (Å²) in [6, 6.07) is 16.8. The second-order valence-corrected chi connectivity index (χ2v) is 7.62. The molecular weight excluding hydrogens is 342 g/mol. The lowest BCUT2D eigenvalue weighted by Gasteiger charge is -2.24. The first kappa shape index (κ1) is 17.2. The fraction of sp³-hybridized carbons (Fsp3) is 0.333. The van der Waals surface area contributed by atoms with Crippen LogP contribution in [0.4, 0.5) is 0 Å². The molecular formula is C21H23N3OS. The number of fused-ring (bicyclic) bond motifs is 1. The summed E-state index contributed by atoms with van der Waals surface area (Å²) in [4.78, 5) is 0. The van der Waals surface area contributed by atoms with Gasteiger partial charge in [0, 0.05) is 11.8 Å². The van der Waals surface area contributed by atoms with Crippen molar-refractivity contribution in [1.82, 2.24) is 14.8 Å². The maximum Gasteiger partial charge on any atom is 0.192 e. The molecule has 1 heterocycles. The molecule has 1 atom stereocenters. The van der Waals surface area contributed by atoms with E-state index in [0.717, 1.165) is 28.8 Å². The van der Waals surface area contributed by atoms with Crippen LogP contribution in [0.2, 0.25) is 0 Å². The van der Waals surface area contributed by atoms with E-state index in [9.17, 15) is 0 Å². The van der Waals surface area contributed by atoms with E-state index in [4.69, 9.17) is 4.74 Å². The van der Waals surface area contributed by atoms with Crippen LogP contribution in [0.5, 0.6) is 5.75 Å². The molecule has 1 aromatic heterocycles. The number of ether oxygens (including phenoxy) is 1. The zero-order valence-corrected chi connectivity index (χ0v) is 16.0. The summed E-state index contributed by atoms with van der Waals surface area (Å²) < 4.78 is 7.71. The summed E-state index contributed by atoms with van der Waals surface area (Å²) in [6.45, 7) is 2.97. The van der Waals surface area contributed by atoms with Crippen LogP contribution in [-0.2, 0) is 13.0 Å². The predicted octanol–water partition coefficient (Wildman–Crippen LogP) is 5.14. The molecule has 0 fully saturated rings. The van der Waals surface area contributed by atoms with Gasteiger partial charge in [0.25, 0.3) is 0 Å². The monoisotopic (exact) mass is 365 g/mol. The molecule has 0 radical (unpaired) electrons. The lowest BCUT2D eigenvalue weighted by atomic mass is 9.91. The fourth-order valence-corrected chi connectivity index (χ4v) is 4.98. The lowest BCUT2D eigenvalue weighted by molar-refractivity contribution is 0.416. The standard InChI is InChI=1S/C21H23N3OS/c1-3-24-20(17-12-6-7-13-18(17)25-2)22-23-21(24)26-19-14-8-10-15-9-4-5-11-16(15)19/h4-7,9,11-13,19H,3,8,10,14H2,1-2H3/t19-/m1/s1. The summed E-state index contributed by atoms with van der Waals surface area (Å²) in [6.07, 6.45) is 3.59. The van der Waals surface area contributed by atoms with E-state index in [0.29, 0.717) is 5.25 Å². The second-order valence-electron chi connectivity index (χ2n) is 6.45. The molecule has 1 aliphatic carbocycles. The summed E-state index contributed by atoms with van der Waals surface area (Å²) in [5, 5.41) is 10.5. The average molecular weight is 366 g/mol. The number of aryl methyl sites for hydroxylation is 1. The third-order valence-corrected chi connectivity index (χ3v) is 6.23. The Morgan fingerprint density at radius 2 is 1.92 bits per heavy atom. The Kier molecular flexibility index (Phi) is 4.98. The van der Waals surface area contributed by atoms with E-state index in [1.165, 1.54) is 30.4 Å². The van der Waals surface area contributed by atoms with Crippen molar-refractivity contribution < 1.29 is 4.74 Å². The molecule has 0 amide bonds. The molecule has 0 aliphatic heterocycles. The average Bonchev–Trinajstić information content (AvgIpc) is 3.10. The molecule has 1 aliphatic rings. The van der Waals surface area contributed by atoms with Crippen LogP contribution in [0.1, 0.15) is 36.1 Å². The highest BCUT2D eigenvalue weighted by atomic mass is 32.2. The number of methoxy groups -OCH3 is 1. The molecule has 26 heavy (non-hydrogen) atoms. The number of nitrogens with zero attached hydrogens (tertiary/aromatic N) is 3. The van der Waals surface area contributed by atoms with Crippen LogP contribution in [0.25, 0.3) is 11.4 Å². The molecule has 134 valence electrons. The summed E-state index contributed by atoms with van der Waals surface area (Å²) in [5.41, 5.74) is 3.91. The van der Waals surface area contributed by atoms with Crippen LogP contribution < -0.4 is 4.74 Å². The fourth-order valence-electron chi connectivity index (χ4n) is 3.65. The van der Waals surface area contributed by atoms with Gasteiger partial charge >= 0.3 is 0 Å². The van der Waals surface area contributed by atoms with Crippen molar-refractivity contribution in [2.75, 3.05) is 7.11 Å². The molecule has 0 saturated heterocycles. The molecule has 4 nitrogen and oxygen atoms in total. The predicted molar refractivity (Wildman–Crippen MR) is 106 cm³/mol. The van der Waals surface area contributed by atoms with Gasteiger partial charge in [0.15, 0.2) is 11.0 Å². The summed E-state index contributed by atoms with van der Waals surface area (Å²) in [7, 11) is 1.69. The normalized spacial score (nSPS) is 16.3. The smallest absolute Gasteiger partial charge is 0.192 e. The van der Waals surface area contributed by atoms with Crippen LogP contribution in [0.15, 0.2) is 53.7 Å². The highest BCUT2D eigenvalue weighted by Gasteiger charge is 2.24. The number of hydrogen-bond acceptors (Lipinski definition) is 4. The second kappa shape index (κ2) is 7.54. The summed E-state index contributed by atoms with van der Waals surface area (Å²) >= 11 is 1.84. The van der Waals surface area contributed by atoms with Crippen LogP contribution in [-0.4, -0.2) is 21.9 Å². The third kappa shape index (κ3) is 3.12. The van der Waals surface area contributed by atoms with Gasteiger partial charge in [0.05, 0.1) is 12.7 Å². The minimum Gasteiger partial charge on any atom is -0.496 e. The zero-order chi connectivity index (χ0) is 17.9. The van der Waals surface area contributed by atoms with E-state index in [-0.39, 0.29) is 0 Å². The topological polar surface area (TPSA) is 39.9 Å².